The molecule has 3 heterocycles. The third-order valence-corrected chi connectivity index (χ3v) is 4.84. The van der Waals surface area contributed by atoms with Crippen molar-refractivity contribution in [3.05, 3.63) is 18.5 Å². The molecule has 2 aliphatic heterocycles. The van der Waals surface area contributed by atoms with Crippen molar-refractivity contribution < 1.29 is 24.2 Å². The van der Waals surface area contributed by atoms with E-state index in [0.29, 0.717) is 32.5 Å². The summed E-state index contributed by atoms with van der Waals surface area (Å²) >= 11 is 0. The van der Waals surface area contributed by atoms with E-state index < -0.39 is 11.5 Å². The lowest BCUT2D eigenvalue weighted by Gasteiger charge is -2.38. The number of carboxylic acid groups (broad SMARTS) is 1. The molecule has 2 saturated heterocycles. The summed E-state index contributed by atoms with van der Waals surface area (Å²) in [7, 11) is 0. The highest BCUT2D eigenvalue weighted by molar-refractivity contribution is 5.79. The molecule has 1 N–H and O–H groups in total. The summed E-state index contributed by atoms with van der Waals surface area (Å²) in [6, 6.07) is 1.71. The zero-order chi connectivity index (χ0) is 17.0. The average Bonchev–Trinajstić information content (AvgIpc) is 3.28. The van der Waals surface area contributed by atoms with Crippen LogP contribution in [-0.4, -0.2) is 70.7 Å². The number of nitrogens with zero attached hydrogens (tertiary/aromatic N) is 3. The highest BCUT2D eigenvalue weighted by Gasteiger charge is 2.44. The molecule has 132 valence electrons. The fraction of sp³-hybridized carbons (Fsp3) is 0.688. The Morgan fingerprint density at radius 2 is 2.17 bits per heavy atom. The lowest BCUT2D eigenvalue weighted by molar-refractivity contribution is -0.154. The second-order valence-corrected chi connectivity index (χ2v) is 6.32. The molecule has 0 radical (unpaired) electrons. The van der Waals surface area contributed by atoms with Crippen molar-refractivity contribution in [3.63, 3.8) is 0 Å². The molecule has 1 aromatic rings. The predicted molar refractivity (Wildman–Crippen MR) is 83.4 cm³/mol. The van der Waals surface area contributed by atoms with Gasteiger partial charge in [0, 0.05) is 44.9 Å². The maximum absolute atomic E-state index is 12.2. The van der Waals surface area contributed by atoms with Crippen LogP contribution in [0.5, 0.6) is 0 Å². The van der Waals surface area contributed by atoms with E-state index in [1.54, 1.807) is 23.4 Å². The molecule has 0 aliphatic carbocycles. The van der Waals surface area contributed by atoms with E-state index in [1.165, 1.54) is 4.68 Å². The lowest BCUT2D eigenvalue weighted by Crippen LogP contribution is -2.53. The van der Waals surface area contributed by atoms with Crippen LogP contribution in [0.2, 0.25) is 0 Å². The van der Waals surface area contributed by atoms with E-state index in [4.69, 9.17) is 9.47 Å². The van der Waals surface area contributed by atoms with Crippen molar-refractivity contribution in [1.82, 2.24) is 14.7 Å². The number of amides is 1. The minimum atomic E-state index is -1.07. The Labute approximate surface area is 140 Å². The SMILES string of the molecule is O=C(COC[C@H]1CCCO1)N1CCC(C(=O)O)(n2cccn2)CC1. The molecule has 24 heavy (non-hydrogen) atoms. The smallest absolute Gasteiger partial charge is 0.331 e. The molecular formula is C16H23N3O5. The molecule has 0 bridgehead atoms. The van der Waals surface area contributed by atoms with Crippen LogP contribution in [-0.2, 0) is 24.6 Å². The molecular weight excluding hydrogens is 314 g/mol. The number of rotatable bonds is 6. The number of aliphatic carboxylic acids is 1. The van der Waals surface area contributed by atoms with Gasteiger partial charge in [0.1, 0.15) is 6.61 Å². The predicted octanol–water partition coefficient (Wildman–Crippen LogP) is 0.481. The number of likely N-dealkylation sites (tertiary alicyclic amines) is 1. The zero-order valence-corrected chi connectivity index (χ0v) is 13.6. The Morgan fingerprint density at radius 1 is 1.38 bits per heavy atom. The Hall–Kier alpha value is -1.93. The van der Waals surface area contributed by atoms with Crippen molar-refractivity contribution in [2.24, 2.45) is 0 Å². The van der Waals surface area contributed by atoms with Gasteiger partial charge in [0.25, 0.3) is 0 Å². The summed E-state index contributed by atoms with van der Waals surface area (Å²) in [5.74, 6) is -1.01. The highest BCUT2D eigenvalue weighted by Crippen LogP contribution is 2.30. The monoisotopic (exact) mass is 337 g/mol. The standard InChI is InChI=1S/C16H23N3O5/c20-14(12-23-11-13-3-1-10-24-13)18-8-4-16(5-9-18,15(21)22)19-7-2-6-17-19/h2,6-7,13H,1,3-5,8-12H2,(H,21,22)/t13-/m1/s1. The number of hydrogen-bond donors (Lipinski definition) is 1. The van der Waals surface area contributed by atoms with Gasteiger partial charge in [-0.05, 0) is 18.9 Å². The number of ether oxygens (including phenoxy) is 2. The molecule has 0 aromatic carbocycles. The van der Waals surface area contributed by atoms with Crippen molar-refractivity contribution >= 4 is 11.9 Å². The van der Waals surface area contributed by atoms with Crippen LogP contribution in [0.4, 0.5) is 0 Å². The molecule has 0 saturated carbocycles. The van der Waals surface area contributed by atoms with Crippen molar-refractivity contribution in [1.29, 1.82) is 0 Å². The van der Waals surface area contributed by atoms with Gasteiger partial charge in [-0.2, -0.15) is 5.10 Å². The quantitative estimate of drug-likeness (QED) is 0.811. The van der Waals surface area contributed by atoms with E-state index >= 15 is 0 Å². The van der Waals surface area contributed by atoms with Crippen LogP contribution in [0.15, 0.2) is 18.5 Å². The molecule has 1 amide bonds. The topological polar surface area (TPSA) is 93.9 Å². The van der Waals surface area contributed by atoms with Gasteiger partial charge >= 0.3 is 5.97 Å². The van der Waals surface area contributed by atoms with Crippen molar-refractivity contribution in [2.45, 2.75) is 37.3 Å². The first kappa shape index (κ1) is 16.9. The molecule has 0 spiro atoms. The summed E-state index contributed by atoms with van der Waals surface area (Å²) in [6.07, 6.45) is 6.01. The van der Waals surface area contributed by atoms with E-state index in [1.807, 2.05) is 0 Å². The number of hydrogen-bond acceptors (Lipinski definition) is 5. The van der Waals surface area contributed by atoms with Crippen molar-refractivity contribution in [3.8, 4) is 0 Å². The Bertz CT molecular complexity index is 560. The third-order valence-electron chi connectivity index (χ3n) is 4.84. The van der Waals surface area contributed by atoms with Crippen LogP contribution in [0.1, 0.15) is 25.7 Å². The maximum atomic E-state index is 12.2. The lowest BCUT2D eigenvalue weighted by atomic mass is 9.87. The summed E-state index contributed by atoms with van der Waals surface area (Å²) < 4.78 is 12.4. The molecule has 1 atom stereocenters. The summed E-state index contributed by atoms with van der Waals surface area (Å²) in [5.41, 5.74) is -1.07. The van der Waals surface area contributed by atoms with Gasteiger partial charge in [0.15, 0.2) is 5.54 Å². The van der Waals surface area contributed by atoms with Crippen molar-refractivity contribution in [2.75, 3.05) is 32.9 Å². The molecule has 2 fully saturated rings. The van der Waals surface area contributed by atoms with E-state index in [-0.39, 0.29) is 18.6 Å². The van der Waals surface area contributed by atoms with Gasteiger partial charge < -0.3 is 19.5 Å². The van der Waals surface area contributed by atoms with Gasteiger partial charge in [-0.15, -0.1) is 0 Å². The zero-order valence-electron chi connectivity index (χ0n) is 13.6. The summed E-state index contributed by atoms with van der Waals surface area (Å²) in [5, 5.41) is 13.7. The number of carbonyl (C=O) groups excluding carboxylic acids is 1. The number of aromatic nitrogens is 2. The number of carbonyl (C=O) groups is 2. The fourth-order valence-electron chi connectivity index (χ4n) is 3.33. The first-order chi connectivity index (χ1) is 11.6. The molecule has 8 heteroatoms. The largest absolute Gasteiger partial charge is 0.479 e. The first-order valence-corrected chi connectivity index (χ1v) is 8.32. The van der Waals surface area contributed by atoms with E-state index in [9.17, 15) is 14.7 Å². The molecule has 3 rings (SSSR count). The van der Waals surface area contributed by atoms with Crippen LogP contribution in [0, 0.1) is 0 Å². The van der Waals surface area contributed by atoms with Gasteiger partial charge in [-0.25, -0.2) is 4.79 Å². The normalized spacial score (nSPS) is 23.3. The van der Waals surface area contributed by atoms with Crippen LogP contribution in [0.25, 0.3) is 0 Å². The summed E-state index contributed by atoms with van der Waals surface area (Å²) in [4.78, 5) is 25.7. The summed E-state index contributed by atoms with van der Waals surface area (Å²) in [6.45, 7) is 1.98. The molecule has 2 aliphatic rings. The van der Waals surface area contributed by atoms with Crippen LogP contribution >= 0.6 is 0 Å². The fourth-order valence-corrected chi connectivity index (χ4v) is 3.33. The maximum Gasteiger partial charge on any atom is 0.331 e. The molecule has 8 nitrogen and oxygen atoms in total. The molecule has 0 unspecified atom stereocenters. The average molecular weight is 337 g/mol. The third kappa shape index (κ3) is 3.44. The number of piperidine rings is 1. The number of carboxylic acids is 1. The van der Waals surface area contributed by atoms with Crippen LogP contribution < -0.4 is 0 Å². The first-order valence-electron chi connectivity index (χ1n) is 8.32. The van der Waals surface area contributed by atoms with Gasteiger partial charge in [0.2, 0.25) is 5.91 Å². The Balaban J connectivity index is 1.50. The Morgan fingerprint density at radius 3 is 2.75 bits per heavy atom. The molecule has 1 aromatic heterocycles. The second-order valence-electron chi connectivity index (χ2n) is 6.32. The highest BCUT2D eigenvalue weighted by atomic mass is 16.5. The van der Waals surface area contributed by atoms with Gasteiger partial charge in [-0.1, -0.05) is 0 Å². The Kier molecular flexibility index (Phi) is 5.15. The van der Waals surface area contributed by atoms with E-state index in [0.717, 1.165) is 19.4 Å². The minimum Gasteiger partial charge on any atom is -0.479 e. The van der Waals surface area contributed by atoms with Crippen LogP contribution in [0.3, 0.4) is 0 Å². The minimum absolute atomic E-state index is 0.0156. The van der Waals surface area contributed by atoms with Gasteiger partial charge in [-0.3, -0.25) is 9.48 Å². The van der Waals surface area contributed by atoms with Gasteiger partial charge in [0.05, 0.1) is 12.7 Å². The second kappa shape index (κ2) is 7.31. The van der Waals surface area contributed by atoms with E-state index in [2.05, 4.69) is 5.10 Å².